The van der Waals surface area contributed by atoms with Gasteiger partial charge in [-0.25, -0.2) is 8.42 Å². The molecule has 0 aliphatic rings. The quantitative estimate of drug-likeness (QED) is 0.684. The SMILES string of the molecule is CCCCC(CCC)Nc1ccc(S(=O)(=O)CCC)cc1. The number of anilines is 1. The third kappa shape index (κ3) is 6.08. The average molecular weight is 311 g/mol. The van der Waals surface area contributed by atoms with E-state index in [2.05, 4.69) is 19.2 Å². The first-order valence-corrected chi connectivity index (χ1v) is 9.78. The van der Waals surface area contributed by atoms with Crippen LogP contribution in [0.2, 0.25) is 0 Å². The standard InChI is InChI=1S/C17H29NO2S/c1-4-7-9-15(8-5-2)18-16-10-12-17(13-11-16)21(19,20)14-6-3/h10-13,15,18H,4-9,14H2,1-3H3. The van der Waals surface area contributed by atoms with Gasteiger partial charge in [-0.3, -0.25) is 0 Å². The molecule has 0 bridgehead atoms. The van der Waals surface area contributed by atoms with Crippen LogP contribution < -0.4 is 5.32 Å². The van der Waals surface area contributed by atoms with Crippen LogP contribution in [-0.4, -0.2) is 20.2 Å². The molecule has 0 heterocycles. The third-order valence-electron chi connectivity index (χ3n) is 3.60. The molecule has 0 radical (unpaired) electrons. The molecule has 3 nitrogen and oxygen atoms in total. The maximum Gasteiger partial charge on any atom is 0.178 e. The number of sulfone groups is 1. The smallest absolute Gasteiger partial charge is 0.178 e. The molecule has 21 heavy (non-hydrogen) atoms. The molecule has 4 heteroatoms. The molecule has 0 aliphatic carbocycles. The first-order valence-electron chi connectivity index (χ1n) is 8.12. The summed E-state index contributed by atoms with van der Waals surface area (Å²) in [5.41, 5.74) is 1.01. The van der Waals surface area contributed by atoms with Gasteiger partial charge in [0, 0.05) is 11.7 Å². The van der Waals surface area contributed by atoms with E-state index in [4.69, 9.17) is 0 Å². The second-order valence-electron chi connectivity index (χ2n) is 5.62. The average Bonchev–Trinajstić information content (AvgIpc) is 2.45. The fourth-order valence-electron chi connectivity index (χ4n) is 2.47. The van der Waals surface area contributed by atoms with Crippen LogP contribution in [0.3, 0.4) is 0 Å². The second-order valence-corrected chi connectivity index (χ2v) is 7.72. The highest BCUT2D eigenvalue weighted by molar-refractivity contribution is 7.91. The van der Waals surface area contributed by atoms with Crippen LogP contribution in [0.1, 0.15) is 59.3 Å². The molecule has 0 saturated heterocycles. The Bertz CT molecular complexity index is 494. The van der Waals surface area contributed by atoms with Gasteiger partial charge < -0.3 is 5.32 Å². The topological polar surface area (TPSA) is 46.2 Å². The van der Waals surface area contributed by atoms with E-state index in [1.54, 1.807) is 12.1 Å². The zero-order valence-electron chi connectivity index (χ0n) is 13.6. The van der Waals surface area contributed by atoms with Crippen molar-refractivity contribution in [2.75, 3.05) is 11.1 Å². The van der Waals surface area contributed by atoms with E-state index in [9.17, 15) is 8.42 Å². The summed E-state index contributed by atoms with van der Waals surface area (Å²) >= 11 is 0. The molecular formula is C17H29NO2S. The minimum Gasteiger partial charge on any atom is -0.382 e. The lowest BCUT2D eigenvalue weighted by atomic mass is 10.0. The monoisotopic (exact) mass is 311 g/mol. The van der Waals surface area contributed by atoms with Crippen LogP contribution >= 0.6 is 0 Å². The highest BCUT2D eigenvalue weighted by Gasteiger charge is 2.13. The molecule has 0 aromatic heterocycles. The first kappa shape index (κ1) is 18.0. The molecule has 0 aliphatic heterocycles. The van der Waals surface area contributed by atoms with Crippen LogP contribution in [0.15, 0.2) is 29.2 Å². The largest absolute Gasteiger partial charge is 0.382 e. The molecule has 1 unspecified atom stereocenters. The van der Waals surface area contributed by atoms with Crippen molar-refractivity contribution in [1.29, 1.82) is 0 Å². The molecule has 1 aromatic carbocycles. The van der Waals surface area contributed by atoms with Crippen LogP contribution in [0.5, 0.6) is 0 Å². The molecule has 120 valence electrons. The highest BCUT2D eigenvalue weighted by Crippen LogP contribution is 2.19. The Morgan fingerprint density at radius 2 is 1.62 bits per heavy atom. The maximum atomic E-state index is 12.0. The molecule has 1 rings (SSSR count). The predicted molar refractivity (Wildman–Crippen MR) is 90.6 cm³/mol. The summed E-state index contributed by atoms with van der Waals surface area (Å²) in [7, 11) is -3.11. The fourth-order valence-corrected chi connectivity index (χ4v) is 3.79. The van der Waals surface area contributed by atoms with E-state index in [-0.39, 0.29) is 5.75 Å². The number of rotatable bonds is 10. The lowest BCUT2D eigenvalue weighted by Crippen LogP contribution is -2.19. The van der Waals surface area contributed by atoms with E-state index in [0.717, 1.165) is 18.5 Å². The van der Waals surface area contributed by atoms with E-state index >= 15 is 0 Å². The Kier molecular flexibility index (Phi) is 7.79. The van der Waals surface area contributed by atoms with Crippen LogP contribution in [-0.2, 0) is 9.84 Å². The number of nitrogens with one attached hydrogen (secondary N) is 1. The first-order chi connectivity index (χ1) is 10.0. The summed E-state index contributed by atoms with van der Waals surface area (Å²) in [5.74, 6) is 0.217. The summed E-state index contributed by atoms with van der Waals surface area (Å²) in [5, 5.41) is 3.53. The molecule has 1 atom stereocenters. The van der Waals surface area contributed by atoms with E-state index in [1.807, 2.05) is 19.1 Å². The predicted octanol–water partition coefficient (Wildman–Crippen LogP) is 4.64. The number of hydrogen-bond donors (Lipinski definition) is 1. The highest BCUT2D eigenvalue weighted by atomic mass is 32.2. The van der Waals surface area contributed by atoms with Crippen molar-refractivity contribution in [3.8, 4) is 0 Å². The van der Waals surface area contributed by atoms with Crippen molar-refractivity contribution >= 4 is 15.5 Å². The summed E-state index contributed by atoms with van der Waals surface area (Å²) in [6, 6.07) is 7.69. The zero-order chi connectivity index (χ0) is 15.7. The Hall–Kier alpha value is -1.03. The van der Waals surface area contributed by atoms with Gasteiger partial charge in [0.1, 0.15) is 0 Å². The van der Waals surface area contributed by atoms with E-state index in [1.165, 1.54) is 19.3 Å². The molecule has 0 spiro atoms. The number of hydrogen-bond acceptors (Lipinski definition) is 3. The maximum absolute atomic E-state index is 12.0. The molecule has 0 amide bonds. The molecule has 1 aromatic rings. The molecule has 0 fully saturated rings. The number of benzene rings is 1. The minimum atomic E-state index is -3.11. The number of unbranched alkanes of at least 4 members (excludes halogenated alkanes) is 1. The van der Waals surface area contributed by atoms with Gasteiger partial charge in [0.05, 0.1) is 10.6 Å². The Morgan fingerprint density at radius 1 is 0.952 bits per heavy atom. The normalized spacial score (nSPS) is 13.1. The van der Waals surface area contributed by atoms with E-state index in [0.29, 0.717) is 17.4 Å². The van der Waals surface area contributed by atoms with Crippen molar-refractivity contribution in [2.45, 2.75) is 70.2 Å². The van der Waals surface area contributed by atoms with Crippen LogP contribution in [0, 0.1) is 0 Å². The summed E-state index contributed by atoms with van der Waals surface area (Å²) < 4.78 is 24.0. The van der Waals surface area contributed by atoms with E-state index < -0.39 is 9.84 Å². The van der Waals surface area contributed by atoms with Gasteiger partial charge in [-0.05, 0) is 43.5 Å². The van der Waals surface area contributed by atoms with Gasteiger partial charge in [-0.1, -0.05) is 40.0 Å². The second kappa shape index (κ2) is 9.08. The van der Waals surface area contributed by atoms with Gasteiger partial charge in [0.15, 0.2) is 9.84 Å². The Labute approximate surface area is 130 Å². The Balaban J connectivity index is 2.72. The van der Waals surface area contributed by atoms with Gasteiger partial charge in [0.25, 0.3) is 0 Å². The van der Waals surface area contributed by atoms with Crippen LogP contribution in [0.25, 0.3) is 0 Å². The summed E-state index contributed by atoms with van der Waals surface area (Å²) in [6.07, 6.45) is 6.55. The fraction of sp³-hybridized carbons (Fsp3) is 0.647. The summed E-state index contributed by atoms with van der Waals surface area (Å²) in [4.78, 5) is 0.426. The van der Waals surface area contributed by atoms with Crippen molar-refractivity contribution in [2.24, 2.45) is 0 Å². The van der Waals surface area contributed by atoms with Crippen molar-refractivity contribution in [3.05, 3.63) is 24.3 Å². The van der Waals surface area contributed by atoms with Gasteiger partial charge >= 0.3 is 0 Å². The lowest BCUT2D eigenvalue weighted by molar-refractivity contribution is 0.564. The van der Waals surface area contributed by atoms with Crippen LogP contribution in [0.4, 0.5) is 5.69 Å². The molecule has 1 N–H and O–H groups in total. The Morgan fingerprint density at radius 3 is 2.14 bits per heavy atom. The minimum absolute atomic E-state index is 0.217. The zero-order valence-corrected chi connectivity index (χ0v) is 14.4. The van der Waals surface area contributed by atoms with Crippen molar-refractivity contribution in [3.63, 3.8) is 0 Å². The summed E-state index contributed by atoms with van der Waals surface area (Å²) in [6.45, 7) is 6.29. The third-order valence-corrected chi connectivity index (χ3v) is 5.54. The van der Waals surface area contributed by atoms with Gasteiger partial charge in [0.2, 0.25) is 0 Å². The molecule has 0 saturated carbocycles. The lowest BCUT2D eigenvalue weighted by Gasteiger charge is -2.19. The van der Waals surface area contributed by atoms with Crippen molar-refractivity contribution < 1.29 is 8.42 Å². The van der Waals surface area contributed by atoms with Crippen molar-refractivity contribution in [1.82, 2.24) is 0 Å². The van der Waals surface area contributed by atoms with Gasteiger partial charge in [-0.15, -0.1) is 0 Å². The molecular weight excluding hydrogens is 282 g/mol. The van der Waals surface area contributed by atoms with Gasteiger partial charge in [-0.2, -0.15) is 0 Å².